The highest BCUT2D eigenvalue weighted by molar-refractivity contribution is 8.00. The molecule has 0 aromatic rings. The van der Waals surface area contributed by atoms with E-state index >= 15 is 0 Å². The van der Waals surface area contributed by atoms with E-state index in [1.807, 2.05) is 0 Å². The number of hydrogen-bond donors (Lipinski definition) is 2. The maximum atomic E-state index is 4.73. The monoisotopic (exact) mass is 328 g/mol. The van der Waals surface area contributed by atoms with Crippen LogP contribution in [0.2, 0.25) is 0 Å². The van der Waals surface area contributed by atoms with Crippen molar-refractivity contribution in [3.05, 3.63) is 0 Å². The molecular weight excluding hydrogens is 292 g/mol. The summed E-state index contributed by atoms with van der Waals surface area (Å²) >= 11 is 2.08. The van der Waals surface area contributed by atoms with Crippen LogP contribution in [0.5, 0.6) is 0 Å². The molecule has 22 heavy (non-hydrogen) atoms. The summed E-state index contributed by atoms with van der Waals surface area (Å²) < 4.78 is 0. The standard InChI is InChI=1S/C17H36N4S/c1-4-18-17(20-15-16-11-10-14-22-16)19-12-8-6-5-7-9-13-21(2)3/h16H,4-15H2,1-3H3,(H2,18,19,20). The average Bonchev–Trinajstić information content (AvgIpc) is 3.00. The molecule has 0 radical (unpaired) electrons. The Balaban J connectivity index is 2.04. The Morgan fingerprint density at radius 2 is 1.91 bits per heavy atom. The topological polar surface area (TPSA) is 39.7 Å². The number of unbranched alkanes of at least 4 members (excludes halogenated alkanes) is 4. The lowest BCUT2D eigenvalue weighted by Crippen LogP contribution is -2.38. The molecule has 1 aliphatic rings. The molecule has 1 heterocycles. The minimum Gasteiger partial charge on any atom is -0.357 e. The van der Waals surface area contributed by atoms with Crippen molar-refractivity contribution in [3.8, 4) is 0 Å². The van der Waals surface area contributed by atoms with Gasteiger partial charge in [-0.3, -0.25) is 4.99 Å². The van der Waals surface area contributed by atoms with Crippen LogP contribution in [0.1, 0.15) is 51.9 Å². The molecule has 2 N–H and O–H groups in total. The van der Waals surface area contributed by atoms with Gasteiger partial charge in [0.1, 0.15) is 0 Å². The summed E-state index contributed by atoms with van der Waals surface area (Å²) in [7, 11) is 4.30. The maximum absolute atomic E-state index is 4.73. The van der Waals surface area contributed by atoms with E-state index in [2.05, 4.69) is 48.3 Å². The van der Waals surface area contributed by atoms with Crippen LogP contribution in [0.4, 0.5) is 0 Å². The highest BCUT2D eigenvalue weighted by Gasteiger charge is 2.14. The van der Waals surface area contributed by atoms with Gasteiger partial charge in [0, 0.05) is 18.3 Å². The minimum absolute atomic E-state index is 0.743. The first-order chi connectivity index (χ1) is 10.7. The van der Waals surface area contributed by atoms with E-state index in [0.717, 1.165) is 30.8 Å². The van der Waals surface area contributed by atoms with Crippen molar-refractivity contribution in [1.29, 1.82) is 0 Å². The molecule has 4 nitrogen and oxygen atoms in total. The number of thioether (sulfide) groups is 1. The second-order valence-corrected chi connectivity index (χ2v) is 7.76. The molecule has 0 aromatic heterocycles. The van der Waals surface area contributed by atoms with Crippen molar-refractivity contribution in [2.45, 2.75) is 57.1 Å². The van der Waals surface area contributed by atoms with Gasteiger partial charge in [-0.2, -0.15) is 11.8 Å². The summed E-state index contributed by atoms with van der Waals surface area (Å²) in [6.45, 7) is 6.29. The second kappa shape index (κ2) is 13.1. The Kier molecular flexibility index (Phi) is 11.6. The van der Waals surface area contributed by atoms with Crippen molar-refractivity contribution in [2.24, 2.45) is 4.99 Å². The van der Waals surface area contributed by atoms with Crippen LogP contribution in [-0.4, -0.2) is 62.1 Å². The molecule has 0 bridgehead atoms. The number of aliphatic imine (C=N–C) groups is 1. The van der Waals surface area contributed by atoms with Gasteiger partial charge in [-0.15, -0.1) is 0 Å². The van der Waals surface area contributed by atoms with Gasteiger partial charge in [-0.25, -0.2) is 0 Å². The van der Waals surface area contributed by atoms with Crippen molar-refractivity contribution < 1.29 is 0 Å². The Bertz CT molecular complexity index is 288. The third-order valence-corrected chi connectivity index (χ3v) is 5.28. The lowest BCUT2D eigenvalue weighted by molar-refractivity contribution is 0.389. The molecule has 0 aromatic carbocycles. The molecule has 130 valence electrons. The predicted octanol–water partition coefficient (Wildman–Crippen LogP) is 2.95. The SMILES string of the molecule is CCNC(=NCC1CCCS1)NCCCCCCCN(C)C. The third-order valence-electron chi connectivity index (χ3n) is 3.90. The van der Waals surface area contributed by atoms with Gasteiger partial charge in [0.15, 0.2) is 5.96 Å². The van der Waals surface area contributed by atoms with E-state index in [-0.39, 0.29) is 0 Å². The highest BCUT2D eigenvalue weighted by Crippen LogP contribution is 2.25. The van der Waals surface area contributed by atoms with Gasteiger partial charge in [0.25, 0.3) is 0 Å². The molecule has 1 unspecified atom stereocenters. The van der Waals surface area contributed by atoms with Crippen LogP contribution >= 0.6 is 11.8 Å². The molecule has 1 fully saturated rings. The molecule has 1 atom stereocenters. The van der Waals surface area contributed by atoms with E-state index in [0.29, 0.717) is 0 Å². The van der Waals surface area contributed by atoms with Crippen molar-refractivity contribution in [2.75, 3.05) is 46.0 Å². The largest absolute Gasteiger partial charge is 0.357 e. The molecule has 5 heteroatoms. The summed E-state index contributed by atoms with van der Waals surface area (Å²) in [5.41, 5.74) is 0. The van der Waals surface area contributed by atoms with Gasteiger partial charge in [0.05, 0.1) is 6.54 Å². The lowest BCUT2D eigenvalue weighted by atomic mass is 10.1. The molecule has 0 aliphatic carbocycles. The number of guanidine groups is 1. The van der Waals surface area contributed by atoms with Crippen molar-refractivity contribution in [1.82, 2.24) is 15.5 Å². The summed E-state index contributed by atoms with van der Waals surface area (Å²) in [5, 5.41) is 7.57. The number of nitrogens with zero attached hydrogens (tertiary/aromatic N) is 2. The smallest absolute Gasteiger partial charge is 0.191 e. The third kappa shape index (κ3) is 10.3. The van der Waals surface area contributed by atoms with E-state index < -0.39 is 0 Å². The van der Waals surface area contributed by atoms with Crippen LogP contribution < -0.4 is 10.6 Å². The number of hydrogen-bond acceptors (Lipinski definition) is 3. The summed E-state index contributed by atoms with van der Waals surface area (Å²) in [6.07, 6.45) is 9.28. The first-order valence-electron chi connectivity index (χ1n) is 9.01. The van der Waals surface area contributed by atoms with Crippen molar-refractivity contribution >= 4 is 17.7 Å². The lowest BCUT2D eigenvalue weighted by Gasteiger charge is -2.13. The molecule has 0 saturated carbocycles. The molecule has 0 spiro atoms. The van der Waals surface area contributed by atoms with Gasteiger partial charge in [0.2, 0.25) is 0 Å². The number of nitrogens with one attached hydrogen (secondary N) is 2. The summed E-state index contributed by atoms with van der Waals surface area (Å²) in [5.74, 6) is 2.32. The highest BCUT2D eigenvalue weighted by atomic mass is 32.2. The van der Waals surface area contributed by atoms with E-state index in [4.69, 9.17) is 4.99 Å². The molecule has 1 aliphatic heterocycles. The van der Waals surface area contributed by atoms with Gasteiger partial charge in [-0.1, -0.05) is 19.3 Å². The molecule has 1 rings (SSSR count). The Morgan fingerprint density at radius 1 is 1.14 bits per heavy atom. The first-order valence-corrected chi connectivity index (χ1v) is 10.1. The van der Waals surface area contributed by atoms with Crippen LogP contribution in [-0.2, 0) is 0 Å². The fourth-order valence-corrected chi connectivity index (χ4v) is 3.79. The van der Waals surface area contributed by atoms with Crippen LogP contribution in [0, 0.1) is 0 Å². The molecular formula is C17H36N4S. The second-order valence-electron chi connectivity index (χ2n) is 6.35. The van der Waals surface area contributed by atoms with Gasteiger partial charge >= 0.3 is 0 Å². The van der Waals surface area contributed by atoms with Crippen LogP contribution in [0.3, 0.4) is 0 Å². The maximum Gasteiger partial charge on any atom is 0.191 e. The van der Waals surface area contributed by atoms with Gasteiger partial charge < -0.3 is 15.5 Å². The Hall–Kier alpha value is -0.420. The normalized spacial score (nSPS) is 18.9. The number of rotatable bonds is 11. The zero-order valence-electron chi connectivity index (χ0n) is 14.9. The minimum atomic E-state index is 0.743. The van der Waals surface area contributed by atoms with E-state index in [1.54, 1.807) is 0 Å². The van der Waals surface area contributed by atoms with Crippen molar-refractivity contribution in [3.63, 3.8) is 0 Å². The van der Waals surface area contributed by atoms with Crippen LogP contribution in [0.15, 0.2) is 4.99 Å². The fourth-order valence-electron chi connectivity index (χ4n) is 2.61. The zero-order chi connectivity index (χ0) is 16.0. The van der Waals surface area contributed by atoms with E-state index in [9.17, 15) is 0 Å². The van der Waals surface area contributed by atoms with E-state index in [1.165, 1.54) is 57.2 Å². The average molecular weight is 329 g/mol. The van der Waals surface area contributed by atoms with Gasteiger partial charge in [-0.05, 0) is 59.0 Å². The fraction of sp³-hybridized carbons (Fsp3) is 0.941. The molecule has 1 saturated heterocycles. The molecule has 0 amide bonds. The first kappa shape index (κ1) is 19.6. The van der Waals surface area contributed by atoms with Crippen LogP contribution in [0.25, 0.3) is 0 Å². The summed E-state index contributed by atoms with van der Waals surface area (Å²) in [4.78, 5) is 7.00. The Morgan fingerprint density at radius 3 is 2.59 bits per heavy atom. The zero-order valence-corrected chi connectivity index (χ0v) is 15.7. The predicted molar refractivity (Wildman–Crippen MR) is 101 cm³/mol. The quantitative estimate of drug-likeness (QED) is 0.347. The summed E-state index contributed by atoms with van der Waals surface area (Å²) in [6, 6.07) is 0. The Labute approximate surface area is 141 Å².